The first-order valence-electron chi connectivity index (χ1n) is 6.35. The first-order chi connectivity index (χ1) is 10.6. The molecule has 0 saturated heterocycles. The topological polar surface area (TPSA) is 42.0 Å². The lowest BCUT2D eigenvalue weighted by atomic mass is 10.3. The van der Waals surface area contributed by atoms with E-state index in [1.807, 2.05) is 42.5 Å². The molecule has 1 amide bonds. The van der Waals surface area contributed by atoms with Crippen molar-refractivity contribution in [1.82, 2.24) is 4.98 Å². The second-order valence-corrected chi connectivity index (χ2v) is 7.95. The molecule has 3 nitrogen and oxygen atoms in total. The van der Waals surface area contributed by atoms with Crippen LogP contribution in [0, 0.1) is 0 Å². The third-order valence-corrected chi connectivity index (χ3v) is 5.91. The van der Waals surface area contributed by atoms with Gasteiger partial charge in [0.05, 0.1) is 21.7 Å². The smallest absolute Gasteiger partial charge is 0.234 e. The SMILES string of the molecule is O=C(CSc1nc2cc(Cl)ccc2s1)Nc1ccccc1Br. The molecule has 1 heterocycles. The van der Waals surface area contributed by atoms with Gasteiger partial charge >= 0.3 is 0 Å². The molecule has 2 aromatic carbocycles. The third kappa shape index (κ3) is 3.81. The Balaban J connectivity index is 1.63. The van der Waals surface area contributed by atoms with E-state index in [4.69, 9.17) is 11.6 Å². The Morgan fingerprint density at radius 1 is 1.32 bits per heavy atom. The van der Waals surface area contributed by atoms with Gasteiger partial charge in [-0.2, -0.15) is 0 Å². The average Bonchev–Trinajstić information content (AvgIpc) is 2.89. The maximum Gasteiger partial charge on any atom is 0.234 e. The summed E-state index contributed by atoms with van der Waals surface area (Å²) in [6, 6.07) is 13.1. The van der Waals surface area contributed by atoms with Crippen molar-refractivity contribution in [2.45, 2.75) is 4.34 Å². The van der Waals surface area contributed by atoms with Crippen molar-refractivity contribution >= 4 is 72.4 Å². The number of aromatic nitrogens is 1. The lowest BCUT2D eigenvalue weighted by molar-refractivity contribution is -0.113. The number of rotatable bonds is 4. The van der Waals surface area contributed by atoms with E-state index in [0.29, 0.717) is 10.8 Å². The molecule has 0 aliphatic carbocycles. The molecule has 0 atom stereocenters. The fourth-order valence-corrected chi connectivity index (χ4v) is 4.22. The van der Waals surface area contributed by atoms with E-state index in [-0.39, 0.29) is 5.91 Å². The predicted octanol–water partition coefficient (Wildman–Crippen LogP) is 5.44. The van der Waals surface area contributed by atoms with Crippen LogP contribution in [0.2, 0.25) is 5.02 Å². The first kappa shape index (κ1) is 15.8. The molecule has 22 heavy (non-hydrogen) atoms. The van der Waals surface area contributed by atoms with Crippen molar-refractivity contribution in [2.24, 2.45) is 0 Å². The lowest BCUT2D eigenvalue weighted by Gasteiger charge is -2.05. The van der Waals surface area contributed by atoms with Crippen LogP contribution < -0.4 is 5.32 Å². The van der Waals surface area contributed by atoms with Gasteiger partial charge in [0.2, 0.25) is 5.91 Å². The van der Waals surface area contributed by atoms with Gasteiger partial charge in [0.15, 0.2) is 4.34 Å². The van der Waals surface area contributed by atoms with Crippen molar-refractivity contribution in [2.75, 3.05) is 11.1 Å². The van der Waals surface area contributed by atoms with Crippen molar-refractivity contribution in [3.05, 3.63) is 52.0 Å². The highest BCUT2D eigenvalue weighted by atomic mass is 79.9. The Labute approximate surface area is 149 Å². The molecule has 0 spiro atoms. The van der Waals surface area contributed by atoms with Crippen molar-refractivity contribution in [3.8, 4) is 0 Å². The molecule has 0 saturated carbocycles. The molecule has 1 N–H and O–H groups in total. The van der Waals surface area contributed by atoms with E-state index in [2.05, 4.69) is 26.2 Å². The Kier molecular flexibility index (Phi) is 5.03. The number of hydrogen-bond donors (Lipinski definition) is 1. The number of thioether (sulfide) groups is 1. The summed E-state index contributed by atoms with van der Waals surface area (Å²) >= 11 is 12.3. The summed E-state index contributed by atoms with van der Waals surface area (Å²) in [5, 5.41) is 3.54. The Morgan fingerprint density at radius 2 is 2.14 bits per heavy atom. The summed E-state index contributed by atoms with van der Waals surface area (Å²) in [4.78, 5) is 16.5. The Bertz CT molecular complexity index is 837. The normalized spacial score (nSPS) is 10.8. The van der Waals surface area contributed by atoms with Gasteiger partial charge in [0.1, 0.15) is 0 Å². The number of hydrogen-bond acceptors (Lipinski definition) is 4. The molecule has 1 aromatic heterocycles. The highest BCUT2D eigenvalue weighted by molar-refractivity contribution is 9.10. The molecule has 3 rings (SSSR count). The van der Waals surface area contributed by atoms with Crippen LogP contribution in [0.5, 0.6) is 0 Å². The van der Waals surface area contributed by atoms with E-state index < -0.39 is 0 Å². The maximum absolute atomic E-state index is 12.0. The molecule has 0 aliphatic heterocycles. The van der Waals surface area contributed by atoms with Gasteiger partial charge in [-0.25, -0.2) is 4.98 Å². The maximum atomic E-state index is 12.0. The zero-order valence-corrected chi connectivity index (χ0v) is 15.2. The minimum absolute atomic E-state index is 0.0609. The van der Waals surface area contributed by atoms with Gasteiger partial charge in [-0.15, -0.1) is 11.3 Å². The molecule has 0 aliphatic rings. The van der Waals surface area contributed by atoms with Crippen LogP contribution in [0.1, 0.15) is 0 Å². The molecule has 3 aromatic rings. The van der Waals surface area contributed by atoms with Gasteiger partial charge in [-0.05, 0) is 46.3 Å². The summed E-state index contributed by atoms with van der Waals surface area (Å²) in [5.41, 5.74) is 1.63. The van der Waals surface area contributed by atoms with E-state index in [1.54, 1.807) is 11.3 Å². The highest BCUT2D eigenvalue weighted by Crippen LogP contribution is 2.31. The number of carbonyl (C=O) groups excluding carboxylic acids is 1. The highest BCUT2D eigenvalue weighted by Gasteiger charge is 2.09. The van der Waals surface area contributed by atoms with E-state index in [9.17, 15) is 4.79 Å². The number of nitrogens with zero attached hydrogens (tertiary/aromatic N) is 1. The number of halogens is 2. The quantitative estimate of drug-likeness (QED) is 0.579. The van der Waals surface area contributed by atoms with Crippen LogP contribution >= 0.6 is 50.6 Å². The Hall–Kier alpha value is -1.08. The zero-order chi connectivity index (χ0) is 15.5. The van der Waals surface area contributed by atoms with Crippen molar-refractivity contribution in [1.29, 1.82) is 0 Å². The van der Waals surface area contributed by atoms with Crippen LogP contribution in [-0.2, 0) is 4.79 Å². The number of nitrogens with one attached hydrogen (secondary N) is 1. The molecule has 0 unspecified atom stereocenters. The zero-order valence-electron chi connectivity index (χ0n) is 11.2. The van der Waals surface area contributed by atoms with E-state index >= 15 is 0 Å². The van der Waals surface area contributed by atoms with Gasteiger partial charge in [0, 0.05) is 9.50 Å². The Morgan fingerprint density at radius 3 is 2.95 bits per heavy atom. The second kappa shape index (κ2) is 7.00. The molecule has 0 bridgehead atoms. The molecule has 7 heteroatoms. The lowest BCUT2D eigenvalue weighted by Crippen LogP contribution is -2.14. The first-order valence-corrected chi connectivity index (χ1v) is 9.32. The average molecular weight is 414 g/mol. The fraction of sp³-hybridized carbons (Fsp3) is 0.0667. The largest absolute Gasteiger partial charge is 0.324 e. The molecule has 0 radical (unpaired) electrons. The van der Waals surface area contributed by atoms with Gasteiger partial charge in [-0.3, -0.25) is 4.79 Å². The number of carbonyl (C=O) groups is 1. The van der Waals surface area contributed by atoms with Gasteiger partial charge in [-0.1, -0.05) is 35.5 Å². The monoisotopic (exact) mass is 412 g/mol. The van der Waals surface area contributed by atoms with E-state index in [1.165, 1.54) is 11.8 Å². The molecular formula is C15H10BrClN2OS2. The fourth-order valence-electron chi connectivity index (χ4n) is 1.82. The van der Waals surface area contributed by atoms with Gasteiger partial charge in [0.25, 0.3) is 0 Å². The predicted molar refractivity (Wildman–Crippen MR) is 98.1 cm³/mol. The molecule has 112 valence electrons. The minimum atomic E-state index is -0.0609. The van der Waals surface area contributed by atoms with Crippen LogP contribution in [-0.4, -0.2) is 16.6 Å². The molecular weight excluding hydrogens is 404 g/mol. The number of para-hydroxylation sites is 1. The number of benzene rings is 2. The van der Waals surface area contributed by atoms with Crippen LogP contribution in [0.3, 0.4) is 0 Å². The number of amides is 1. The standard InChI is InChI=1S/C15H10BrClN2OS2/c16-10-3-1-2-4-11(10)18-14(20)8-21-15-19-12-7-9(17)5-6-13(12)22-15/h1-7H,8H2,(H,18,20). The summed E-state index contributed by atoms with van der Waals surface area (Å²) in [6.07, 6.45) is 0. The summed E-state index contributed by atoms with van der Waals surface area (Å²) in [7, 11) is 0. The van der Waals surface area contributed by atoms with Crippen molar-refractivity contribution in [3.63, 3.8) is 0 Å². The van der Waals surface area contributed by atoms with Crippen LogP contribution in [0.4, 0.5) is 5.69 Å². The van der Waals surface area contributed by atoms with E-state index in [0.717, 1.165) is 24.7 Å². The number of thiazole rings is 1. The summed E-state index contributed by atoms with van der Waals surface area (Å²) in [6.45, 7) is 0. The van der Waals surface area contributed by atoms with Gasteiger partial charge < -0.3 is 5.32 Å². The summed E-state index contributed by atoms with van der Waals surface area (Å²) < 4.78 is 2.79. The summed E-state index contributed by atoms with van der Waals surface area (Å²) in [5.74, 6) is 0.253. The number of fused-ring (bicyclic) bond motifs is 1. The minimum Gasteiger partial charge on any atom is -0.324 e. The van der Waals surface area contributed by atoms with Crippen LogP contribution in [0.25, 0.3) is 10.2 Å². The molecule has 0 fully saturated rings. The third-order valence-electron chi connectivity index (χ3n) is 2.80. The second-order valence-electron chi connectivity index (χ2n) is 4.41. The number of anilines is 1. The van der Waals surface area contributed by atoms with Crippen LogP contribution in [0.15, 0.2) is 51.3 Å². The van der Waals surface area contributed by atoms with Crippen molar-refractivity contribution < 1.29 is 4.79 Å².